The topological polar surface area (TPSA) is 52.7 Å². The highest BCUT2D eigenvalue weighted by atomic mass is 15.1. The highest BCUT2D eigenvalue weighted by Gasteiger charge is 2.25. The van der Waals surface area contributed by atoms with Gasteiger partial charge in [-0.05, 0) is 18.9 Å². The number of aromatic amines is 1. The summed E-state index contributed by atoms with van der Waals surface area (Å²) in [6, 6.07) is 2.76. The lowest BCUT2D eigenvalue weighted by atomic mass is 10.2. The number of H-pyrrole nitrogens is 1. The Morgan fingerprint density at radius 3 is 2.94 bits per heavy atom. The van der Waals surface area contributed by atoms with Crippen molar-refractivity contribution in [2.75, 3.05) is 13.1 Å². The van der Waals surface area contributed by atoms with Gasteiger partial charge in [0.05, 0.1) is 5.69 Å². The standard InChI is InChI=1S/C12H22N4/c1-9(2)14-6-5-13-8-11-7-12(16-15-11)10-3-4-10/h7,9-10,13-14H,3-6,8H2,1-2H3,(H,15,16). The minimum absolute atomic E-state index is 0.565. The van der Waals surface area contributed by atoms with E-state index in [1.165, 1.54) is 24.2 Å². The van der Waals surface area contributed by atoms with Crippen molar-refractivity contribution < 1.29 is 0 Å². The van der Waals surface area contributed by atoms with Gasteiger partial charge >= 0.3 is 0 Å². The lowest BCUT2D eigenvalue weighted by Gasteiger charge is -2.07. The summed E-state index contributed by atoms with van der Waals surface area (Å²) in [6.45, 7) is 7.23. The van der Waals surface area contributed by atoms with Crippen molar-refractivity contribution in [3.05, 3.63) is 17.5 Å². The van der Waals surface area contributed by atoms with E-state index >= 15 is 0 Å². The minimum atomic E-state index is 0.565. The van der Waals surface area contributed by atoms with Crippen LogP contribution in [0.25, 0.3) is 0 Å². The fourth-order valence-corrected chi connectivity index (χ4v) is 1.73. The summed E-state index contributed by atoms with van der Waals surface area (Å²) in [7, 11) is 0. The maximum atomic E-state index is 4.32. The Balaban J connectivity index is 1.61. The van der Waals surface area contributed by atoms with Gasteiger partial charge in [-0.2, -0.15) is 5.10 Å². The molecule has 0 atom stereocenters. The second kappa shape index (κ2) is 5.46. The number of nitrogens with zero attached hydrogens (tertiary/aromatic N) is 1. The maximum absolute atomic E-state index is 4.32. The molecule has 3 N–H and O–H groups in total. The summed E-state index contributed by atoms with van der Waals surface area (Å²) >= 11 is 0. The molecule has 90 valence electrons. The zero-order valence-electron chi connectivity index (χ0n) is 10.2. The summed E-state index contributed by atoms with van der Waals surface area (Å²) < 4.78 is 0. The first-order valence-corrected chi connectivity index (χ1v) is 6.24. The van der Waals surface area contributed by atoms with Crippen molar-refractivity contribution in [1.29, 1.82) is 0 Å². The van der Waals surface area contributed by atoms with Crippen molar-refractivity contribution >= 4 is 0 Å². The lowest BCUT2D eigenvalue weighted by molar-refractivity contribution is 0.553. The van der Waals surface area contributed by atoms with Gasteiger partial charge in [0, 0.05) is 37.3 Å². The van der Waals surface area contributed by atoms with E-state index in [0.29, 0.717) is 6.04 Å². The smallest absolute Gasteiger partial charge is 0.0656 e. The van der Waals surface area contributed by atoms with Crippen molar-refractivity contribution in [1.82, 2.24) is 20.8 Å². The molecule has 0 saturated heterocycles. The summed E-state index contributed by atoms with van der Waals surface area (Å²) in [5.74, 6) is 0.743. The molecule has 1 fully saturated rings. The Kier molecular flexibility index (Phi) is 3.96. The summed E-state index contributed by atoms with van der Waals surface area (Å²) in [4.78, 5) is 0. The molecule has 1 aliphatic carbocycles. The number of aromatic nitrogens is 2. The highest BCUT2D eigenvalue weighted by molar-refractivity contribution is 5.17. The molecule has 0 radical (unpaired) electrons. The van der Waals surface area contributed by atoms with E-state index in [1.807, 2.05) is 0 Å². The van der Waals surface area contributed by atoms with Crippen LogP contribution in [-0.2, 0) is 6.54 Å². The largest absolute Gasteiger partial charge is 0.313 e. The average Bonchev–Trinajstić information content (AvgIpc) is 2.99. The van der Waals surface area contributed by atoms with E-state index in [9.17, 15) is 0 Å². The predicted octanol–water partition coefficient (Wildman–Crippen LogP) is 1.37. The molecule has 0 unspecified atom stereocenters. The van der Waals surface area contributed by atoms with Gasteiger partial charge in [0.2, 0.25) is 0 Å². The Hall–Kier alpha value is -0.870. The molecule has 4 nitrogen and oxygen atoms in total. The Bertz CT molecular complexity index is 315. The van der Waals surface area contributed by atoms with Crippen molar-refractivity contribution in [3.8, 4) is 0 Å². The van der Waals surface area contributed by atoms with Gasteiger partial charge in [0.25, 0.3) is 0 Å². The molecule has 1 saturated carbocycles. The fraction of sp³-hybridized carbons (Fsp3) is 0.750. The normalized spacial score (nSPS) is 15.9. The van der Waals surface area contributed by atoms with Gasteiger partial charge in [0.1, 0.15) is 0 Å². The molecule has 0 spiro atoms. The maximum Gasteiger partial charge on any atom is 0.0656 e. The zero-order valence-corrected chi connectivity index (χ0v) is 10.2. The Labute approximate surface area is 97.2 Å². The van der Waals surface area contributed by atoms with Crippen LogP contribution >= 0.6 is 0 Å². The van der Waals surface area contributed by atoms with Crippen LogP contribution in [0.5, 0.6) is 0 Å². The molecule has 0 bridgehead atoms. The monoisotopic (exact) mass is 222 g/mol. The van der Waals surface area contributed by atoms with Crippen molar-refractivity contribution in [3.63, 3.8) is 0 Å². The molecule has 1 aromatic rings. The van der Waals surface area contributed by atoms with Crippen LogP contribution in [0.15, 0.2) is 6.07 Å². The second-order valence-electron chi connectivity index (χ2n) is 4.88. The van der Waals surface area contributed by atoms with E-state index in [4.69, 9.17) is 0 Å². The molecule has 16 heavy (non-hydrogen) atoms. The molecule has 1 aromatic heterocycles. The van der Waals surface area contributed by atoms with Gasteiger partial charge < -0.3 is 10.6 Å². The lowest BCUT2D eigenvalue weighted by Crippen LogP contribution is -2.31. The SMILES string of the molecule is CC(C)NCCNCc1cc(C2CC2)n[nH]1. The van der Waals surface area contributed by atoms with Crippen LogP contribution in [0.3, 0.4) is 0 Å². The predicted molar refractivity (Wildman–Crippen MR) is 65.4 cm³/mol. The molecular weight excluding hydrogens is 200 g/mol. The van der Waals surface area contributed by atoms with Crippen LogP contribution in [0, 0.1) is 0 Å². The van der Waals surface area contributed by atoms with Gasteiger partial charge in [0.15, 0.2) is 0 Å². The third kappa shape index (κ3) is 3.61. The van der Waals surface area contributed by atoms with E-state index < -0.39 is 0 Å². The van der Waals surface area contributed by atoms with Crippen LogP contribution in [0.2, 0.25) is 0 Å². The van der Waals surface area contributed by atoms with Gasteiger partial charge in [-0.3, -0.25) is 5.10 Å². The molecule has 4 heteroatoms. The van der Waals surface area contributed by atoms with Gasteiger partial charge in [-0.1, -0.05) is 13.8 Å². The third-order valence-corrected chi connectivity index (χ3v) is 2.82. The quantitative estimate of drug-likeness (QED) is 0.611. The first kappa shape index (κ1) is 11.6. The van der Waals surface area contributed by atoms with Gasteiger partial charge in [-0.25, -0.2) is 0 Å². The van der Waals surface area contributed by atoms with Crippen molar-refractivity contribution in [2.45, 2.75) is 45.2 Å². The third-order valence-electron chi connectivity index (χ3n) is 2.82. The summed E-state index contributed by atoms with van der Waals surface area (Å²) in [5, 5.41) is 14.2. The molecule has 0 aromatic carbocycles. The number of hydrogen-bond donors (Lipinski definition) is 3. The Morgan fingerprint density at radius 1 is 1.44 bits per heavy atom. The van der Waals surface area contributed by atoms with Crippen LogP contribution in [0.1, 0.15) is 44.0 Å². The molecule has 0 aliphatic heterocycles. The Morgan fingerprint density at radius 2 is 2.25 bits per heavy atom. The van der Waals surface area contributed by atoms with Crippen LogP contribution < -0.4 is 10.6 Å². The van der Waals surface area contributed by atoms with E-state index in [-0.39, 0.29) is 0 Å². The molecule has 2 rings (SSSR count). The zero-order chi connectivity index (χ0) is 11.4. The first-order valence-electron chi connectivity index (χ1n) is 6.24. The number of rotatable bonds is 7. The van der Waals surface area contributed by atoms with E-state index in [2.05, 4.69) is 40.7 Å². The second-order valence-corrected chi connectivity index (χ2v) is 4.88. The number of hydrogen-bond acceptors (Lipinski definition) is 3. The highest BCUT2D eigenvalue weighted by Crippen LogP contribution is 2.38. The average molecular weight is 222 g/mol. The summed E-state index contributed by atoms with van der Waals surface area (Å²) in [5.41, 5.74) is 2.45. The first-order chi connectivity index (χ1) is 7.75. The van der Waals surface area contributed by atoms with E-state index in [0.717, 1.165) is 25.6 Å². The molecule has 1 aliphatic rings. The fourth-order valence-electron chi connectivity index (χ4n) is 1.73. The number of nitrogens with one attached hydrogen (secondary N) is 3. The van der Waals surface area contributed by atoms with Crippen LogP contribution in [0.4, 0.5) is 0 Å². The van der Waals surface area contributed by atoms with Crippen LogP contribution in [-0.4, -0.2) is 29.3 Å². The minimum Gasteiger partial charge on any atom is -0.313 e. The van der Waals surface area contributed by atoms with E-state index in [1.54, 1.807) is 0 Å². The molecule has 0 amide bonds. The molecule has 1 heterocycles. The van der Waals surface area contributed by atoms with Crippen molar-refractivity contribution in [2.24, 2.45) is 0 Å². The van der Waals surface area contributed by atoms with Gasteiger partial charge in [-0.15, -0.1) is 0 Å². The summed E-state index contributed by atoms with van der Waals surface area (Å²) in [6.07, 6.45) is 2.63. The molecular formula is C12H22N4.